The summed E-state index contributed by atoms with van der Waals surface area (Å²) in [5.41, 5.74) is 3.34. The molecule has 0 spiro atoms. The summed E-state index contributed by atoms with van der Waals surface area (Å²) in [6, 6.07) is 9.12. The highest BCUT2D eigenvalue weighted by molar-refractivity contribution is 6.30. The maximum atomic E-state index is 10.8. The number of benzene rings is 2. The number of methoxy groups -OCH3 is 1. The molecule has 2 rings (SSSR count). The average Bonchev–Trinajstić information content (AvgIpc) is 2.61. The van der Waals surface area contributed by atoms with E-state index in [-0.39, 0.29) is 0 Å². The van der Waals surface area contributed by atoms with E-state index < -0.39 is 12.6 Å². The molecule has 5 nitrogen and oxygen atoms in total. The molecule has 136 valence electrons. The van der Waals surface area contributed by atoms with Gasteiger partial charge in [-0.2, -0.15) is 0 Å². The van der Waals surface area contributed by atoms with E-state index in [0.29, 0.717) is 22.9 Å². The number of aliphatic imine (C=N–C) groups is 1. The molecule has 0 unspecified atom stereocenters. The number of allylic oxidation sites excluding steroid dienone is 1. The summed E-state index contributed by atoms with van der Waals surface area (Å²) in [6.45, 7) is 5.24. The Morgan fingerprint density at radius 1 is 1.35 bits per heavy atom. The van der Waals surface area contributed by atoms with Crippen molar-refractivity contribution in [1.82, 2.24) is 0 Å². The van der Waals surface area contributed by atoms with Crippen LogP contribution in [0.4, 0.5) is 5.69 Å². The van der Waals surface area contributed by atoms with E-state index in [1.165, 1.54) is 7.11 Å². The number of aryl methyl sites for hydroxylation is 1. The Bertz CT molecular complexity index is 846. The third-order valence-corrected chi connectivity index (χ3v) is 3.84. The molecule has 0 radical (unpaired) electrons. The number of nitrogens with zero attached hydrogens (tertiary/aromatic N) is 1. The maximum absolute atomic E-state index is 10.8. The van der Waals surface area contributed by atoms with Crippen LogP contribution < -0.4 is 9.47 Å². The van der Waals surface area contributed by atoms with E-state index in [9.17, 15) is 4.79 Å². The fourth-order valence-electron chi connectivity index (χ4n) is 2.38. The molecule has 0 saturated carbocycles. The average molecular weight is 374 g/mol. The fraction of sp³-hybridized carbons (Fsp3) is 0.200. The van der Waals surface area contributed by atoms with Crippen molar-refractivity contribution in [2.24, 2.45) is 4.99 Å². The van der Waals surface area contributed by atoms with Gasteiger partial charge < -0.3 is 14.6 Å². The van der Waals surface area contributed by atoms with Gasteiger partial charge in [0.05, 0.1) is 12.8 Å². The van der Waals surface area contributed by atoms with E-state index in [4.69, 9.17) is 26.2 Å². The molecule has 0 bridgehead atoms. The normalized spacial score (nSPS) is 10.7. The number of carboxylic acids is 1. The lowest BCUT2D eigenvalue weighted by atomic mass is 10.1. The molecule has 0 aliphatic carbocycles. The zero-order chi connectivity index (χ0) is 19.1. The summed E-state index contributed by atoms with van der Waals surface area (Å²) in [5, 5.41) is 9.47. The third kappa shape index (κ3) is 5.10. The van der Waals surface area contributed by atoms with E-state index in [1.54, 1.807) is 24.4 Å². The van der Waals surface area contributed by atoms with E-state index in [0.717, 1.165) is 22.4 Å². The molecule has 0 saturated heterocycles. The Kier molecular flexibility index (Phi) is 6.81. The van der Waals surface area contributed by atoms with Crippen molar-refractivity contribution in [1.29, 1.82) is 0 Å². The molecule has 0 heterocycles. The van der Waals surface area contributed by atoms with Crippen LogP contribution in [0.15, 0.2) is 48.0 Å². The second-order valence-electron chi connectivity index (χ2n) is 5.58. The number of halogens is 1. The molecule has 0 fully saturated rings. The van der Waals surface area contributed by atoms with Crippen LogP contribution in [0.2, 0.25) is 5.02 Å². The minimum atomic E-state index is -1.06. The second kappa shape index (κ2) is 9.06. The summed E-state index contributed by atoms with van der Waals surface area (Å²) in [7, 11) is 1.50. The lowest BCUT2D eigenvalue weighted by Gasteiger charge is -2.14. The summed E-state index contributed by atoms with van der Waals surface area (Å²) < 4.78 is 10.8. The van der Waals surface area contributed by atoms with Gasteiger partial charge in [-0.3, -0.25) is 4.99 Å². The topological polar surface area (TPSA) is 68.1 Å². The molecular formula is C20H20ClNO4. The monoisotopic (exact) mass is 373 g/mol. The lowest BCUT2D eigenvalue weighted by Crippen LogP contribution is -2.11. The lowest BCUT2D eigenvalue weighted by molar-refractivity contribution is -0.139. The Morgan fingerprint density at radius 3 is 2.77 bits per heavy atom. The standard InChI is InChI=1S/C20H20ClNO4/c1-4-5-15-8-14(9-18(25-3)20(15)26-12-19(23)24)11-22-17-10-16(21)7-6-13(17)2/h4,6-11H,1,5,12H2,2-3H3,(H,23,24). The van der Waals surface area contributed by atoms with Crippen LogP contribution >= 0.6 is 11.6 Å². The largest absolute Gasteiger partial charge is 0.493 e. The van der Waals surface area contributed by atoms with Crippen LogP contribution in [-0.2, 0) is 11.2 Å². The van der Waals surface area contributed by atoms with Gasteiger partial charge in [-0.05, 0) is 48.7 Å². The van der Waals surface area contributed by atoms with E-state index >= 15 is 0 Å². The Balaban J connectivity index is 2.41. The highest BCUT2D eigenvalue weighted by Gasteiger charge is 2.13. The van der Waals surface area contributed by atoms with Crippen LogP contribution in [0, 0.1) is 6.92 Å². The van der Waals surface area contributed by atoms with Gasteiger partial charge in [0.25, 0.3) is 0 Å². The van der Waals surface area contributed by atoms with Crippen LogP contribution in [0.5, 0.6) is 11.5 Å². The first-order valence-corrected chi connectivity index (χ1v) is 8.29. The molecule has 1 N–H and O–H groups in total. The predicted octanol–water partition coefficient (Wildman–Crippen LogP) is 4.60. The summed E-state index contributed by atoms with van der Waals surface area (Å²) in [5.74, 6) is -0.223. The molecule has 0 aliphatic heterocycles. The van der Waals surface area contributed by atoms with Crippen molar-refractivity contribution in [3.63, 3.8) is 0 Å². The molecule has 0 aliphatic rings. The number of hydrogen-bond acceptors (Lipinski definition) is 4. The first-order chi connectivity index (χ1) is 12.4. The highest BCUT2D eigenvalue weighted by atomic mass is 35.5. The van der Waals surface area contributed by atoms with Crippen molar-refractivity contribution >= 4 is 29.5 Å². The number of rotatable bonds is 8. The van der Waals surface area contributed by atoms with Gasteiger partial charge in [-0.25, -0.2) is 4.79 Å². The fourth-order valence-corrected chi connectivity index (χ4v) is 2.55. The summed E-state index contributed by atoms with van der Waals surface area (Å²) in [4.78, 5) is 15.3. The van der Waals surface area contributed by atoms with Crippen LogP contribution in [0.1, 0.15) is 16.7 Å². The van der Waals surface area contributed by atoms with Crippen molar-refractivity contribution in [2.45, 2.75) is 13.3 Å². The van der Waals surface area contributed by atoms with Crippen molar-refractivity contribution in [2.75, 3.05) is 13.7 Å². The predicted molar refractivity (Wildman–Crippen MR) is 103 cm³/mol. The van der Waals surface area contributed by atoms with Crippen molar-refractivity contribution < 1.29 is 19.4 Å². The summed E-state index contributed by atoms with van der Waals surface area (Å²) in [6.07, 6.45) is 3.92. The van der Waals surface area contributed by atoms with E-state index in [2.05, 4.69) is 11.6 Å². The molecule has 6 heteroatoms. The number of aliphatic carboxylic acids is 1. The Hall–Kier alpha value is -2.79. The van der Waals surface area contributed by atoms with Crippen molar-refractivity contribution in [3.8, 4) is 11.5 Å². The second-order valence-corrected chi connectivity index (χ2v) is 6.01. The number of ether oxygens (including phenoxy) is 2. The molecule has 2 aromatic rings. The molecule has 26 heavy (non-hydrogen) atoms. The van der Waals surface area contributed by atoms with Gasteiger partial charge >= 0.3 is 5.97 Å². The zero-order valence-corrected chi connectivity index (χ0v) is 15.4. The van der Waals surface area contributed by atoms with Gasteiger partial charge in [0.15, 0.2) is 18.1 Å². The van der Waals surface area contributed by atoms with Crippen LogP contribution in [0.25, 0.3) is 0 Å². The number of hydrogen-bond donors (Lipinski definition) is 1. The first kappa shape index (κ1) is 19.5. The molecule has 2 aromatic carbocycles. The third-order valence-electron chi connectivity index (χ3n) is 3.60. The van der Waals surface area contributed by atoms with Gasteiger partial charge in [-0.15, -0.1) is 6.58 Å². The maximum Gasteiger partial charge on any atom is 0.341 e. The van der Waals surface area contributed by atoms with Gasteiger partial charge in [0.2, 0.25) is 0 Å². The molecular weight excluding hydrogens is 354 g/mol. The quantitative estimate of drug-likeness (QED) is 0.542. The Labute approximate surface area is 157 Å². The van der Waals surface area contributed by atoms with Crippen LogP contribution in [-0.4, -0.2) is 31.0 Å². The van der Waals surface area contributed by atoms with Gasteiger partial charge in [0, 0.05) is 16.8 Å². The smallest absolute Gasteiger partial charge is 0.341 e. The van der Waals surface area contributed by atoms with Gasteiger partial charge in [0.1, 0.15) is 0 Å². The van der Waals surface area contributed by atoms with Gasteiger partial charge in [-0.1, -0.05) is 23.7 Å². The Morgan fingerprint density at radius 2 is 2.12 bits per heavy atom. The SMILES string of the molecule is C=CCc1cc(C=Nc2cc(Cl)ccc2C)cc(OC)c1OCC(=O)O. The van der Waals surface area contributed by atoms with E-state index in [1.807, 2.05) is 25.1 Å². The van der Waals surface area contributed by atoms with Crippen LogP contribution in [0.3, 0.4) is 0 Å². The highest BCUT2D eigenvalue weighted by Crippen LogP contribution is 2.33. The first-order valence-electron chi connectivity index (χ1n) is 7.91. The number of carbonyl (C=O) groups is 1. The summed E-state index contributed by atoms with van der Waals surface area (Å²) >= 11 is 6.02. The molecule has 0 aromatic heterocycles. The molecule has 0 amide bonds. The minimum absolute atomic E-state index is 0.394. The van der Waals surface area contributed by atoms with Crippen molar-refractivity contribution in [3.05, 3.63) is 64.7 Å². The zero-order valence-electron chi connectivity index (χ0n) is 14.7. The minimum Gasteiger partial charge on any atom is -0.493 e. The molecule has 0 atom stereocenters. The number of carboxylic acid groups (broad SMARTS) is 1.